The molecule has 9 nitrogen and oxygen atoms in total. The molecule has 0 aliphatic carbocycles. The molecule has 0 aromatic carbocycles. The fourth-order valence-corrected chi connectivity index (χ4v) is 6.03. The highest BCUT2D eigenvalue weighted by molar-refractivity contribution is 7.47. The van der Waals surface area contributed by atoms with Gasteiger partial charge in [0.25, 0.3) is 0 Å². The number of hydrogen-bond donors (Lipinski definition) is 2. The normalized spacial score (nSPS) is 14.0. The van der Waals surface area contributed by atoms with Gasteiger partial charge in [0.2, 0.25) is 0 Å². The first-order valence-electron chi connectivity index (χ1n) is 20.8. The standard InChI is InChI=1S/C43H76NO8P/c1-3-5-7-9-11-13-15-17-19-20-22-24-26-28-30-32-34-36-43(46)52-41(40-51-53(47,48)50-38-37-44)39-49-42(45)35-33-31-29-27-25-23-21-18-16-14-12-10-8-6-4-2/h12,14,17-19,21-22,24,28,30,41H,3-11,13,15-16,20,23,25-27,29,31-40,44H2,1-2H3,(H,47,48)/t41-/m1/s1. The van der Waals surface area contributed by atoms with Crippen LogP contribution in [0.4, 0.5) is 0 Å². The second-order valence-corrected chi connectivity index (χ2v) is 14.9. The van der Waals surface area contributed by atoms with Crippen LogP contribution in [0.2, 0.25) is 0 Å². The lowest BCUT2D eigenvalue weighted by molar-refractivity contribution is -0.161. The SMILES string of the molecule is CCCCCC=CCC=CCCCCCCCC(=O)OC[C@H](COP(=O)(O)OCCN)OC(=O)CCCC=CCC=CCC=CCCCCCCCC. The number of esters is 2. The van der Waals surface area contributed by atoms with Gasteiger partial charge in [-0.2, -0.15) is 0 Å². The van der Waals surface area contributed by atoms with Crippen LogP contribution in [-0.4, -0.2) is 49.3 Å². The van der Waals surface area contributed by atoms with Crippen molar-refractivity contribution in [1.82, 2.24) is 0 Å². The van der Waals surface area contributed by atoms with Gasteiger partial charge >= 0.3 is 19.8 Å². The Morgan fingerprint density at radius 2 is 1.00 bits per heavy atom. The Hall–Kier alpha value is -2.29. The van der Waals surface area contributed by atoms with Gasteiger partial charge in [0, 0.05) is 19.4 Å². The van der Waals surface area contributed by atoms with E-state index < -0.39 is 32.5 Å². The van der Waals surface area contributed by atoms with E-state index in [1.165, 1.54) is 64.2 Å². The Kier molecular flexibility index (Phi) is 37.7. The lowest BCUT2D eigenvalue weighted by Crippen LogP contribution is -2.29. The van der Waals surface area contributed by atoms with Crippen LogP contribution in [-0.2, 0) is 32.7 Å². The fourth-order valence-electron chi connectivity index (χ4n) is 5.27. The van der Waals surface area contributed by atoms with E-state index in [2.05, 4.69) is 68.5 Å². The summed E-state index contributed by atoms with van der Waals surface area (Å²) in [4.78, 5) is 34.8. The maximum absolute atomic E-state index is 12.5. The number of unbranched alkanes of at least 4 members (excludes halogenated alkanes) is 15. The number of hydrogen-bond acceptors (Lipinski definition) is 8. The molecule has 0 rings (SSSR count). The molecule has 0 heterocycles. The van der Waals surface area contributed by atoms with Crippen LogP contribution in [0.15, 0.2) is 60.8 Å². The Labute approximate surface area is 323 Å². The van der Waals surface area contributed by atoms with E-state index in [4.69, 9.17) is 24.3 Å². The maximum Gasteiger partial charge on any atom is 0.472 e. The lowest BCUT2D eigenvalue weighted by Gasteiger charge is -2.19. The summed E-state index contributed by atoms with van der Waals surface area (Å²) in [5.74, 6) is -0.910. The predicted molar refractivity (Wildman–Crippen MR) is 219 cm³/mol. The highest BCUT2D eigenvalue weighted by Crippen LogP contribution is 2.43. The highest BCUT2D eigenvalue weighted by atomic mass is 31.2. The number of ether oxygens (including phenoxy) is 2. The first kappa shape index (κ1) is 50.7. The van der Waals surface area contributed by atoms with Gasteiger partial charge in [-0.1, -0.05) is 139 Å². The number of phosphoric acid groups is 1. The van der Waals surface area contributed by atoms with Gasteiger partial charge in [-0.3, -0.25) is 18.6 Å². The zero-order valence-electron chi connectivity index (χ0n) is 33.5. The Balaban J connectivity index is 4.31. The summed E-state index contributed by atoms with van der Waals surface area (Å²) in [7, 11) is -4.39. The molecule has 3 N–H and O–H groups in total. The molecule has 10 heteroatoms. The van der Waals surface area contributed by atoms with Crippen LogP contribution in [0.5, 0.6) is 0 Å². The average Bonchev–Trinajstić information content (AvgIpc) is 3.14. The molecule has 1 unspecified atom stereocenters. The summed E-state index contributed by atoms with van der Waals surface area (Å²) < 4.78 is 32.6. The maximum atomic E-state index is 12.5. The molecule has 0 aliphatic heterocycles. The van der Waals surface area contributed by atoms with E-state index in [0.29, 0.717) is 19.3 Å². The van der Waals surface area contributed by atoms with Crippen molar-refractivity contribution in [2.24, 2.45) is 5.73 Å². The lowest BCUT2D eigenvalue weighted by atomic mass is 10.1. The molecule has 53 heavy (non-hydrogen) atoms. The van der Waals surface area contributed by atoms with E-state index in [1.807, 2.05) is 6.08 Å². The molecule has 0 saturated carbocycles. The van der Waals surface area contributed by atoms with Crippen LogP contribution in [0.3, 0.4) is 0 Å². The fraction of sp³-hybridized carbons (Fsp3) is 0.721. The van der Waals surface area contributed by atoms with Crippen molar-refractivity contribution in [1.29, 1.82) is 0 Å². The predicted octanol–water partition coefficient (Wildman–Crippen LogP) is 11.7. The van der Waals surface area contributed by atoms with Gasteiger partial charge < -0.3 is 20.1 Å². The zero-order chi connectivity index (χ0) is 38.9. The van der Waals surface area contributed by atoms with E-state index >= 15 is 0 Å². The van der Waals surface area contributed by atoms with Crippen LogP contribution >= 0.6 is 7.82 Å². The molecule has 0 radical (unpaired) electrons. The second kappa shape index (κ2) is 39.4. The third-order valence-electron chi connectivity index (χ3n) is 8.38. The summed E-state index contributed by atoms with van der Waals surface area (Å²) in [5, 5.41) is 0. The third kappa shape index (κ3) is 39.2. The number of rotatable bonds is 38. The minimum absolute atomic E-state index is 0.0412. The van der Waals surface area contributed by atoms with Gasteiger partial charge in [0.05, 0.1) is 13.2 Å². The molecule has 306 valence electrons. The van der Waals surface area contributed by atoms with Crippen molar-refractivity contribution >= 4 is 19.8 Å². The molecule has 0 aliphatic rings. The summed E-state index contributed by atoms with van der Waals surface area (Å²) in [6.45, 7) is 3.61. The van der Waals surface area contributed by atoms with Crippen molar-refractivity contribution in [3.63, 3.8) is 0 Å². The van der Waals surface area contributed by atoms with E-state index in [9.17, 15) is 19.0 Å². The molecule has 2 atom stereocenters. The van der Waals surface area contributed by atoms with Crippen LogP contribution in [0.25, 0.3) is 0 Å². The summed E-state index contributed by atoms with van der Waals surface area (Å²) in [6, 6.07) is 0. The Morgan fingerprint density at radius 1 is 0.566 bits per heavy atom. The average molecular weight is 766 g/mol. The quantitative estimate of drug-likeness (QED) is 0.0272. The third-order valence-corrected chi connectivity index (χ3v) is 9.36. The molecule has 0 aromatic rings. The Morgan fingerprint density at radius 3 is 1.55 bits per heavy atom. The highest BCUT2D eigenvalue weighted by Gasteiger charge is 2.25. The number of phosphoric ester groups is 1. The van der Waals surface area contributed by atoms with E-state index in [-0.39, 0.29) is 32.6 Å². The van der Waals surface area contributed by atoms with Crippen molar-refractivity contribution in [2.75, 3.05) is 26.4 Å². The minimum Gasteiger partial charge on any atom is -0.462 e. The van der Waals surface area contributed by atoms with Crippen molar-refractivity contribution < 1.29 is 37.6 Å². The van der Waals surface area contributed by atoms with Gasteiger partial charge in [-0.05, 0) is 77.0 Å². The molecule has 0 spiro atoms. The van der Waals surface area contributed by atoms with E-state index in [0.717, 1.165) is 57.8 Å². The monoisotopic (exact) mass is 766 g/mol. The van der Waals surface area contributed by atoms with Crippen LogP contribution in [0.1, 0.15) is 168 Å². The van der Waals surface area contributed by atoms with Crippen molar-refractivity contribution in [2.45, 2.75) is 174 Å². The minimum atomic E-state index is -4.39. The van der Waals surface area contributed by atoms with Gasteiger partial charge in [-0.15, -0.1) is 0 Å². The summed E-state index contributed by atoms with van der Waals surface area (Å²) >= 11 is 0. The van der Waals surface area contributed by atoms with E-state index in [1.54, 1.807) is 0 Å². The van der Waals surface area contributed by atoms with Crippen molar-refractivity contribution in [3.05, 3.63) is 60.8 Å². The summed E-state index contributed by atoms with van der Waals surface area (Å²) in [5.41, 5.74) is 5.33. The molecular formula is C43H76NO8P. The number of nitrogens with two attached hydrogens (primary N) is 1. The second-order valence-electron chi connectivity index (χ2n) is 13.5. The first-order valence-corrected chi connectivity index (χ1v) is 22.3. The summed E-state index contributed by atoms with van der Waals surface area (Å²) in [6.07, 6.45) is 45.4. The smallest absolute Gasteiger partial charge is 0.462 e. The van der Waals surface area contributed by atoms with Crippen LogP contribution < -0.4 is 5.73 Å². The zero-order valence-corrected chi connectivity index (χ0v) is 34.4. The molecular weight excluding hydrogens is 689 g/mol. The van der Waals surface area contributed by atoms with Crippen LogP contribution in [0, 0.1) is 0 Å². The van der Waals surface area contributed by atoms with Crippen molar-refractivity contribution in [3.8, 4) is 0 Å². The first-order chi connectivity index (χ1) is 25.8. The van der Waals surface area contributed by atoms with Gasteiger partial charge in [-0.25, -0.2) is 4.57 Å². The van der Waals surface area contributed by atoms with Gasteiger partial charge in [0.15, 0.2) is 6.10 Å². The molecule has 0 saturated heterocycles. The molecule has 0 fully saturated rings. The van der Waals surface area contributed by atoms with Gasteiger partial charge in [0.1, 0.15) is 6.61 Å². The molecule has 0 amide bonds. The number of carbonyl (C=O) groups is 2. The topological polar surface area (TPSA) is 134 Å². The molecule has 0 bridgehead atoms. The number of allylic oxidation sites excluding steroid dienone is 10. The Bertz CT molecular complexity index is 1050. The number of carbonyl (C=O) groups excluding carboxylic acids is 2. The largest absolute Gasteiger partial charge is 0.472 e. The molecule has 0 aromatic heterocycles.